The van der Waals surface area contributed by atoms with Crippen LogP contribution in [0.3, 0.4) is 0 Å². The van der Waals surface area contributed by atoms with Crippen molar-refractivity contribution >= 4 is 23.1 Å². The average molecular weight is 425 g/mol. The highest BCUT2D eigenvalue weighted by atomic mass is 16.5. The Labute approximate surface area is 179 Å². The smallest absolute Gasteiger partial charge is 0.333 e. The van der Waals surface area contributed by atoms with Crippen LogP contribution in [-0.4, -0.2) is 44.4 Å². The highest BCUT2D eigenvalue weighted by Crippen LogP contribution is 2.26. The van der Waals surface area contributed by atoms with Crippen LogP contribution in [0.4, 0.5) is 5.95 Å². The molecule has 1 aromatic carbocycles. The Hall–Kier alpha value is -3.36. The van der Waals surface area contributed by atoms with Gasteiger partial charge in [-0.25, -0.2) is 9.36 Å². The number of imidazole rings is 1. The van der Waals surface area contributed by atoms with Crippen LogP contribution >= 0.6 is 0 Å². The third kappa shape index (κ3) is 3.87. The number of rotatable bonds is 6. The van der Waals surface area contributed by atoms with Gasteiger partial charge in [0, 0.05) is 26.7 Å². The number of benzene rings is 1. The third-order valence-corrected chi connectivity index (χ3v) is 5.63. The number of hydrogen-bond donors (Lipinski definition) is 0. The molecular formula is C22H27N5O4. The van der Waals surface area contributed by atoms with Gasteiger partial charge in [0.15, 0.2) is 11.2 Å². The maximum Gasteiger partial charge on any atom is 0.333 e. The zero-order chi connectivity index (χ0) is 22.1. The zero-order valence-electron chi connectivity index (χ0n) is 18.1. The van der Waals surface area contributed by atoms with Crippen molar-refractivity contribution in [3.63, 3.8) is 0 Å². The van der Waals surface area contributed by atoms with Gasteiger partial charge in [-0.1, -0.05) is 37.3 Å². The summed E-state index contributed by atoms with van der Waals surface area (Å²) in [7, 11) is 1.57. The van der Waals surface area contributed by atoms with Crippen molar-refractivity contribution in [3.8, 4) is 0 Å². The van der Waals surface area contributed by atoms with Gasteiger partial charge in [-0.3, -0.25) is 14.2 Å². The Balaban J connectivity index is 1.77. The third-order valence-electron chi connectivity index (χ3n) is 5.63. The second-order valence-corrected chi connectivity index (χ2v) is 8.02. The van der Waals surface area contributed by atoms with Crippen molar-refractivity contribution in [1.82, 2.24) is 18.7 Å². The highest BCUT2D eigenvalue weighted by Gasteiger charge is 2.29. The first-order chi connectivity index (χ1) is 14.9. The highest BCUT2D eigenvalue weighted by molar-refractivity contribution is 5.76. The Morgan fingerprint density at radius 1 is 1.19 bits per heavy atom. The number of fused-ring (bicyclic) bond motifs is 3. The molecule has 1 unspecified atom stereocenters. The predicted molar refractivity (Wildman–Crippen MR) is 117 cm³/mol. The van der Waals surface area contributed by atoms with Crippen molar-refractivity contribution < 1.29 is 9.53 Å². The van der Waals surface area contributed by atoms with Crippen molar-refractivity contribution in [2.75, 3.05) is 24.6 Å². The van der Waals surface area contributed by atoms with Gasteiger partial charge >= 0.3 is 11.7 Å². The summed E-state index contributed by atoms with van der Waals surface area (Å²) in [6.07, 6.45) is 0.850. The molecule has 0 fully saturated rings. The molecule has 31 heavy (non-hydrogen) atoms. The van der Waals surface area contributed by atoms with Gasteiger partial charge < -0.3 is 14.2 Å². The molecule has 0 bridgehead atoms. The molecule has 9 heteroatoms. The summed E-state index contributed by atoms with van der Waals surface area (Å²) < 4.78 is 9.09. The van der Waals surface area contributed by atoms with Gasteiger partial charge in [0.1, 0.15) is 6.54 Å². The summed E-state index contributed by atoms with van der Waals surface area (Å²) in [6, 6.07) is 10.2. The molecule has 2 aromatic heterocycles. The molecule has 1 atom stereocenters. The van der Waals surface area contributed by atoms with Crippen LogP contribution < -0.4 is 16.1 Å². The molecule has 0 saturated carbocycles. The second-order valence-electron chi connectivity index (χ2n) is 8.02. The summed E-state index contributed by atoms with van der Waals surface area (Å²) in [5, 5.41) is 0. The topological polar surface area (TPSA) is 91.4 Å². The van der Waals surface area contributed by atoms with Crippen molar-refractivity contribution in [1.29, 1.82) is 0 Å². The van der Waals surface area contributed by atoms with E-state index in [0.717, 1.165) is 24.1 Å². The van der Waals surface area contributed by atoms with E-state index < -0.39 is 23.8 Å². The normalized spacial score (nSPS) is 15.8. The van der Waals surface area contributed by atoms with Crippen LogP contribution in [0.25, 0.3) is 11.2 Å². The Kier molecular flexibility index (Phi) is 5.67. The first-order valence-corrected chi connectivity index (χ1v) is 10.5. The quantitative estimate of drug-likeness (QED) is 0.551. The second kappa shape index (κ2) is 8.41. The van der Waals surface area contributed by atoms with Crippen molar-refractivity contribution in [3.05, 3.63) is 56.7 Å². The molecule has 1 aliphatic heterocycles. The number of carbonyl (C=O) groups is 1. The van der Waals surface area contributed by atoms with E-state index in [1.165, 1.54) is 10.1 Å². The zero-order valence-corrected chi connectivity index (χ0v) is 18.1. The van der Waals surface area contributed by atoms with Gasteiger partial charge in [0.2, 0.25) is 5.95 Å². The molecule has 3 heterocycles. The fourth-order valence-electron chi connectivity index (χ4n) is 4.18. The Morgan fingerprint density at radius 2 is 1.94 bits per heavy atom. The van der Waals surface area contributed by atoms with Gasteiger partial charge in [-0.2, -0.15) is 4.98 Å². The van der Waals surface area contributed by atoms with Gasteiger partial charge in [0.25, 0.3) is 5.56 Å². The Bertz CT molecular complexity index is 1220. The lowest BCUT2D eigenvalue weighted by Gasteiger charge is -2.33. The number of anilines is 1. The maximum atomic E-state index is 13.2. The lowest BCUT2D eigenvalue weighted by molar-refractivity contribution is -0.143. The Morgan fingerprint density at radius 3 is 2.65 bits per heavy atom. The van der Waals surface area contributed by atoms with Crippen LogP contribution in [0.5, 0.6) is 0 Å². The number of nitrogens with zero attached hydrogens (tertiary/aromatic N) is 5. The standard InChI is InChI=1S/C22H27N5O4/c1-4-31-17(28)14-27-20(29)18-19(24(3)22(27)30)23-21-25(12-15(2)13-26(18)21)11-10-16-8-6-5-7-9-16/h5-9,15H,4,10-14H2,1-3H3. The summed E-state index contributed by atoms with van der Waals surface area (Å²) in [5.74, 6) is 0.373. The van der Waals surface area contributed by atoms with E-state index in [1.54, 1.807) is 14.0 Å². The summed E-state index contributed by atoms with van der Waals surface area (Å²) >= 11 is 0. The van der Waals surface area contributed by atoms with E-state index in [9.17, 15) is 14.4 Å². The number of esters is 1. The van der Waals surface area contributed by atoms with Gasteiger partial charge in [-0.15, -0.1) is 0 Å². The monoisotopic (exact) mass is 425 g/mol. The van der Waals surface area contributed by atoms with E-state index in [1.807, 2.05) is 22.8 Å². The van der Waals surface area contributed by atoms with E-state index >= 15 is 0 Å². The van der Waals surface area contributed by atoms with Gasteiger partial charge in [0.05, 0.1) is 6.61 Å². The predicted octanol–water partition coefficient (Wildman–Crippen LogP) is 1.16. The largest absolute Gasteiger partial charge is 0.465 e. The first-order valence-electron chi connectivity index (χ1n) is 10.5. The molecule has 9 nitrogen and oxygen atoms in total. The van der Waals surface area contributed by atoms with Crippen LogP contribution in [0.1, 0.15) is 19.4 Å². The van der Waals surface area contributed by atoms with Crippen LogP contribution in [0.2, 0.25) is 0 Å². The molecule has 0 aliphatic carbocycles. The minimum Gasteiger partial charge on any atom is -0.465 e. The van der Waals surface area contributed by atoms with E-state index in [0.29, 0.717) is 29.6 Å². The molecule has 0 spiro atoms. The van der Waals surface area contributed by atoms with E-state index in [-0.39, 0.29) is 6.61 Å². The van der Waals surface area contributed by atoms with Gasteiger partial charge in [-0.05, 0) is 24.8 Å². The van der Waals surface area contributed by atoms with Crippen LogP contribution in [0, 0.1) is 5.92 Å². The number of ether oxygens (including phenoxy) is 1. The van der Waals surface area contributed by atoms with E-state index in [2.05, 4.69) is 28.9 Å². The average Bonchev–Trinajstić information content (AvgIpc) is 3.14. The number of aromatic nitrogens is 4. The minimum atomic E-state index is -0.614. The number of carbonyl (C=O) groups excluding carboxylic acids is 1. The number of aryl methyl sites for hydroxylation is 1. The maximum absolute atomic E-state index is 13.2. The SMILES string of the molecule is CCOC(=O)Cn1c(=O)c2c(nc3n2CC(C)CN3CCc2ccccc2)n(C)c1=O. The molecule has 0 N–H and O–H groups in total. The molecule has 1 aliphatic rings. The molecule has 0 saturated heterocycles. The minimum absolute atomic E-state index is 0.187. The fraction of sp³-hybridized carbons (Fsp3) is 0.455. The number of hydrogen-bond acceptors (Lipinski definition) is 6. The molecule has 3 aromatic rings. The summed E-state index contributed by atoms with van der Waals surface area (Å²) in [5.41, 5.74) is 0.820. The molecule has 0 amide bonds. The first kappa shape index (κ1) is 20.9. The summed E-state index contributed by atoms with van der Waals surface area (Å²) in [4.78, 5) is 44.8. The van der Waals surface area contributed by atoms with Crippen LogP contribution in [0.15, 0.2) is 39.9 Å². The lowest BCUT2D eigenvalue weighted by atomic mass is 10.1. The van der Waals surface area contributed by atoms with E-state index in [4.69, 9.17) is 4.74 Å². The molecular weight excluding hydrogens is 398 g/mol. The van der Waals surface area contributed by atoms with Crippen molar-refractivity contribution in [2.45, 2.75) is 33.4 Å². The fourth-order valence-corrected chi connectivity index (χ4v) is 4.18. The molecule has 164 valence electrons. The molecule has 0 radical (unpaired) electrons. The van der Waals surface area contributed by atoms with Crippen LogP contribution in [-0.2, 0) is 36.1 Å². The molecule has 4 rings (SSSR count). The summed E-state index contributed by atoms with van der Waals surface area (Å²) in [6.45, 7) is 5.78. The van der Waals surface area contributed by atoms with Crippen molar-refractivity contribution in [2.24, 2.45) is 13.0 Å². The lowest BCUT2D eigenvalue weighted by Crippen LogP contribution is -2.42.